The summed E-state index contributed by atoms with van der Waals surface area (Å²) in [6, 6.07) is 9.20. The normalized spacial score (nSPS) is 12.1. The lowest BCUT2D eigenvalue weighted by molar-refractivity contribution is 0.101. The molecule has 0 aromatic heterocycles. The maximum atomic E-state index is 10.9. The number of nitrogens with zero attached hydrogens (tertiary/aromatic N) is 1. The smallest absolute Gasteiger partial charge is 0.407 e. The lowest BCUT2D eigenvalue weighted by atomic mass is 10.1. The Morgan fingerprint density at radius 3 is 2.44 bits per heavy atom. The standard InChI is InChI=1S/C12H17NO3/c1-2-13(12(15)16)11(9-14)8-10-6-4-3-5-7-10/h3-7,11,14H,2,8-9H2,1H3,(H,15,16). The van der Waals surface area contributed by atoms with E-state index in [1.54, 1.807) is 6.92 Å². The van der Waals surface area contributed by atoms with E-state index in [-0.39, 0.29) is 12.6 Å². The summed E-state index contributed by atoms with van der Waals surface area (Å²) in [5.74, 6) is 0. The number of likely N-dealkylation sites (N-methyl/N-ethyl adjacent to an activating group) is 1. The van der Waals surface area contributed by atoms with Crippen LogP contribution in [0.1, 0.15) is 12.5 Å². The summed E-state index contributed by atoms with van der Waals surface area (Å²) in [6.45, 7) is 1.99. The minimum atomic E-state index is -0.988. The number of hydrogen-bond acceptors (Lipinski definition) is 2. The maximum absolute atomic E-state index is 10.9. The Morgan fingerprint density at radius 1 is 1.38 bits per heavy atom. The number of aliphatic hydroxyl groups is 1. The highest BCUT2D eigenvalue weighted by molar-refractivity contribution is 5.65. The zero-order chi connectivity index (χ0) is 12.0. The summed E-state index contributed by atoms with van der Waals surface area (Å²) < 4.78 is 0. The molecule has 1 amide bonds. The van der Waals surface area contributed by atoms with Crippen molar-refractivity contribution in [3.05, 3.63) is 35.9 Å². The van der Waals surface area contributed by atoms with Gasteiger partial charge in [0.15, 0.2) is 0 Å². The summed E-state index contributed by atoms with van der Waals surface area (Å²) in [5, 5.41) is 18.2. The number of aliphatic hydroxyl groups excluding tert-OH is 1. The van der Waals surface area contributed by atoms with Crippen LogP contribution in [0, 0.1) is 0 Å². The van der Waals surface area contributed by atoms with Crippen molar-refractivity contribution < 1.29 is 15.0 Å². The SMILES string of the molecule is CCN(C(=O)O)C(CO)Cc1ccccc1. The van der Waals surface area contributed by atoms with E-state index in [2.05, 4.69) is 0 Å². The van der Waals surface area contributed by atoms with Crippen LogP contribution in [0.4, 0.5) is 4.79 Å². The van der Waals surface area contributed by atoms with Gasteiger partial charge in [-0.25, -0.2) is 4.79 Å². The Labute approximate surface area is 95.1 Å². The van der Waals surface area contributed by atoms with E-state index >= 15 is 0 Å². The molecule has 0 aliphatic rings. The monoisotopic (exact) mass is 223 g/mol. The van der Waals surface area contributed by atoms with Gasteiger partial charge in [-0.3, -0.25) is 0 Å². The summed E-state index contributed by atoms with van der Waals surface area (Å²) in [7, 11) is 0. The predicted octanol–water partition coefficient (Wildman–Crippen LogP) is 1.59. The van der Waals surface area contributed by atoms with Crippen molar-refractivity contribution in [2.45, 2.75) is 19.4 Å². The van der Waals surface area contributed by atoms with Gasteiger partial charge in [0, 0.05) is 6.54 Å². The van der Waals surface area contributed by atoms with Crippen molar-refractivity contribution in [3.8, 4) is 0 Å². The lowest BCUT2D eigenvalue weighted by Gasteiger charge is -2.26. The van der Waals surface area contributed by atoms with Gasteiger partial charge in [-0.1, -0.05) is 30.3 Å². The van der Waals surface area contributed by atoms with E-state index in [0.717, 1.165) is 5.56 Å². The zero-order valence-corrected chi connectivity index (χ0v) is 9.34. The van der Waals surface area contributed by atoms with E-state index in [0.29, 0.717) is 13.0 Å². The maximum Gasteiger partial charge on any atom is 0.407 e. The second kappa shape index (κ2) is 6.12. The number of hydrogen-bond donors (Lipinski definition) is 2. The van der Waals surface area contributed by atoms with Crippen LogP contribution in [-0.2, 0) is 6.42 Å². The zero-order valence-electron chi connectivity index (χ0n) is 9.34. The minimum Gasteiger partial charge on any atom is -0.465 e. The van der Waals surface area contributed by atoms with E-state index in [1.165, 1.54) is 4.90 Å². The predicted molar refractivity (Wildman–Crippen MR) is 61.4 cm³/mol. The third kappa shape index (κ3) is 3.24. The molecule has 0 saturated carbocycles. The van der Waals surface area contributed by atoms with Crippen molar-refractivity contribution in [2.24, 2.45) is 0 Å². The number of carboxylic acid groups (broad SMARTS) is 1. The van der Waals surface area contributed by atoms with Crippen molar-refractivity contribution in [1.29, 1.82) is 0 Å². The molecule has 4 nitrogen and oxygen atoms in total. The minimum absolute atomic E-state index is 0.158. The Bertz CT molecular complexity index is 326. The van der Waals surface area contributed by atoms with E-state index in [1.807, 2.05) is 30.3 Å². The van der Waals surface area contributed by atoms with Crippen LogP contribution < -0.4 is 0 Å². The van der Waals surface area contributed by atoms with Gasteiger partial charge in [0.25, 0.3) is 0 Å². The van der Waals surface area contributed by atoms with Crippen LogP contribution >= 0.6 is 0 Å². The molecular formula is C12H17NO3. The largest absolute Gasteiger partial charge is 0.465 e. The highest BCUT2D eigenvalue weighted by atomic mass is 16.4. The summed E-state index contributed by atoms with van der Waals surface area (Å²) in [4.78, 5) is 12.2. The molecule has 0 radical (unpaired) electrons. The molecule has 88 valence electrons. The third-order valence-electron chi connectivity index (χ3n) is 2.55. The second-order valence-corrected chi connectivity index (χ2v) is 3.59. The molecule has 1 aromatic rings. The molecule has 0 saturated heterocycles. The fourth-order valence-electron chi connectivity index (χ4n) is 1.71. The van der Waals surface area contributed by atoms with Gasteiger partial charge in [0.1, 0.15) is 0 Å². The first kappa shape index (κ1) is 12.5. The summed E-state index contributed by atoms with van der Waals surface area (Å²) in [6.07, 6.45) is -0.449. The van der Waals surface area contributed by atoms with Crippen LogP contribution in [0.2, 0.25) is 0 Å². The Kier molecular flexibility index (Phi) is 4.79. The molecule has 1 aromatic carbocycles. The molecule has 1 rings (SSSR count). The quantitative estimate of drug-likeness (QED) is 0.796. The van der Waals surface area contributed by atoms with Gasteiger partial charge in [0.05, 0.1) is 12.6 Å². The molecule has 0 aliphatic carbocycles. The van der Waals surface area contributed by atoms with Crippen molar-refractivity contribution in [2.75, 3.05) is 13.2 Å². The van der Waals surface area contributed by atoms with Crippen LogP contribution in [0.15, 0.2) is 30.3 Å². The van der Waals surface area contributed by atoms with E-state index in [4.69, 9.17) is 5.11 Å². The molecule has 1 atom stereocenters. The summed E-state index contributed by atoms with van der Waals surface area (Å²) >= 11 is 0. The first-order valence-corrected chi connectivity index (χ1v) is 5.33. The molecule has 0 spiro atoms. The fraction of sp³-hybridized carbons (Fsp3) is 0.417. The molecule has 16 heavy (non-hydrogen) atoms. The number of benzene rings is 1. The Balaban J connectivity index is 2.71. The van der Waals surface area contributed by atoms with Crippen molar-refractivity contribution >= 4 is 6.09 Å². The molecular weight excluding hydrogens is 206 g/mol. The number of carbonyl (C=O) groups is 1. The van der Waals surface area contributed by atoms with E-state index < -0.39 is 6.09 Å². The Morgan fingerprint density at radius 2 is 2.00 bits per heavy atom. The molecule has 0 aliphatic heterocycles. The van der Waals surface area contributed by atoms with Crippen LogP contribution in [0.25, 0.3) is 0 Å². The first-order valence-electron chi connectivity index (χ1n) is 5.33. The van der Waals surface area contributed by atoms with Crippen molar-refractivity contribution in [3.63, 3.8) is 0 Å². The molecule has 0 bridgehead atoms. The first-order chi connectivity index (χ1) is 7.69. The van der Waals surface area contributed by atoms with E-state index in [9.17, 15) is 9.90 Å². The van der Waals surface area contributed by atoms with Gasteiger partial charge in [-0.2, -0.15) is 0 Å². The molecule has 1 unspecified atom stereocenters. The lowest BCUT2D eigenvalue weighted by Crippen LogP contribution is -2.42. The fourth-order valence-corrected chi connectivity index (χ4v) is 1.71. The molecule has 2 N–H and O–H groups in total. The Hall–Kier alpha value is -1.55. The average Bonchev–Trinajstić information content (AvgIpc) is 2.29. The highest BCUT2D eigenvalue weighted by Gasteiger charge is 2.20. The average molecular weight is 223 g/mol. The summed E-state index contributed by atoms with van der Waals surface area (Å²) in [5.41, 5.74) is 1.03. The molecule has 4 heteroatoms. The van der Waals surface area contributed by atoms with Crippen molar-refractivity contribution in [1.82, 2.24) is 4.90 Å². The van der Waals surface area contributed by atoms with Gasteiger partial charge in [0.2, 0.25) is 0 Å². The van der Waals surface area contributed by atoms with Gasteiger partial charge in [-0.15, -0.1) is 0 Å². The number of amides is 1. The van der Waals surface area contributed by atoms with Gasteiger partial charge >= 0.3 is 6.09 Å². The highest BCUT2D eigenvalue weighted by Crippen LogP contribution is 2.09. The van der Waals surface area contributed by atoms with Crippen LogP contribution in [0.5, 0.6) is 0 Å². The van der Waals surface area contributed by atoms with Crippen LogP contribution in [-0.4, -0.2) is 40.4 Å². The number of rotatable bonds is 5. The topological polar surface area (TPSA) is 60.8 Å². The van der Waals surface area contributed by atoms with Crippen LogP contribution in [0.3, 0.4) is 0 Å². The third-order valence-corrected chi connectivity index (χ3v) is 2.55. The second-order valence-electron chi connectivity index (χ2n) is 3.59. The van der Waals surface area contributed by atoms with Gasteiger partial charge in [-0.05, 0) is 18.9 Å². The molecule has 0 fully saturated rings. The van der Waals surface area contributed by atoms with Gasteiger partial charge < -0.3 is 15.1 Å². The molecule has 0 heterocycles.